The van der Waals surface area contributed by atoms with Crippen LogP contribution in [0.4, 0.5) is 5.69 Å². The monoisotopic (exact) mass is 394 g/mol. The lowest BCUT2D eigenvalue weighted by atomic mass is 9.79. The van der Waals surface area contributed by atoms with E-state index in [9.17, 15) is 24.8 Å². The molecule has 0 amide bonds. The van der Waals surface area contributed by atoms with Crippen molar-refractivity contribution in [2.45, 2.75) is 12.8 Å². The summed E-state index contributed by atoms with van der Waals surface area (Å²) in [5.41, 5.74) is 1.45. The van der Waals surface area contributed by atoms with E-state index in [2.05, 4.69) is 5.32 Å². The van der Waals surface area contributed by atoms with Gasteiger partial charge < -0.3 is 15.2 Å². The molecule has 0 fully saturated rings. The number of ether oxygens (including phenoxy) is 1. The zero-order valence-corrected chi connectivity index (χ0v) is 15.7. The van der Waals surface area contributed by atoms with Crippen LogP contribution in [0, 0.1) is 10.1 Å². The van der Waals surface area contributed by atoms with Crippen LogP contribution >= 0.6 is 0 Å². The third-order valence-corrected chi connectivity index (χ3v) is 4.68. The normalized spacial score (nSPS) is 16.3. The SMILES string of the molecule is COC(=O)C1=C(C)NC(c2ccccc2)=C(C(=O)O)C1c1cccc([N+](=O)[O-])c1. The molecule has 29 heavy (non-hydrogen) atoms. The highest BCUT2D eigenvalue weighted by Crippen LogP contribution is 2.41. The Labute approximate surface area is 166 Å². The van der Waals surface area contributed by atoms with E-state index in [1.54, 1.807) is 43.3 Å². The number of carboxylic acids is 1. The molecule has 1 atom stereocenters. The van der Waals surface area contributed by atoms with Crippen LogP contribution in [-0.2, 0) is 14.3 Å². The lowest BCUT2D eigenvalue weighted by Gasteiger charge is -2.30. The average Bonchev–Trinajstić information content (AvgIpc) is 2.72. The Balaban J connectivity index is 2.32. The van der Waals surface area contributed by atoms with Gasteiger partial charge in [0.05, 0.1) is 34.8 Å². The molecule has 0 aromatic heterocycles. The third-order valence-electron chi connectivity index (χ3n) is 4.68. The predicted octanol–water partition coefficient (Wildman–Crippen LogP) is 3.22. The van der Waals surface area contributed by atoms with Crippen molar-refractivity contribution in [2.24, 2.45) is 0 Å². The zero-order chi connectivity index (χ0) is 21.1. The fraction of sp³-hybridized carbons (Fsp3) is 0.143. The van der Waals surface area contributed by atoms with Crippen molar-refractivity contribution in [3.63, 3.8) is 0 Å². The number of nitro benzene ring substituents is 1. The Hall–Kier alpha value is -3.94. The molecule has 0 saturated carbocycles. The van der Waals surface area contributed by atoms with Gasteiger partial charge in [-0.15, -0.1) is 0 Å². The molecule has 2 aromatic carbocycles. The van der Waals surface area contributed by atoms with Crippen LogP contribution < -0.4 is 5.32 Å². The molecule has 8 heteroatoms. The number of dihydropyridines is 1. The molecular weight excluding hydrogens is 376 g/mol. The first-order valence-corrected chi connectivity index (χ1v) is 8.68. The number of aliphatic carboxylic acids is 1. The van der Waals surface area contributed by atoms with Crippen LogP contribution in [-0.4, -0.2) is 29.1 Å². The van der Waals surface area contributed by atoms with E-state index in [0.29, 0.717) is 22.5 Å². The smallest absolute Gasteiger partial charge is 0.336 e. The highest BCUT2D eigenvalue weighted by atomic mass is 16.6. The highest BCUT2D eigenvalue weighted by Gasteiger charge is 2.38. The zero-order valence-electron chi connectivity index (χ0n) is 15.7. The second-order valence-corrected chi connectivity index (χ2v) is 6.40. The summed E-state index contributed by atoms with van der Waals surface area (Å²) in [4.78, 5) is 35.5. The predicted molar refractivity (Wildman–Crippen MR) is 105 cm³/mol. The largest absolute Gasteiger partial charge is 0.478 e. The number of hydrogen-bond donors (Lipinski definition) is 2. The van der Waals surface area contributed by atoms with E-state index in [4.69, 9.17) is 4.74 Å². The molecule has 1 aliphatic heterocycles. The summed E-state index contributed by atoms with van der Waals surface area (Å²) in [5, 5.41) is 24.3. The molecule has 0 spiro atoms. The van der Waals surface area contributed by atoms with Gasteiger partial charge >= 0.3 is 11.9 Å². The number of nitrogens with zero attached hydrogens (tertiary/aromatic N) is 1. The van der Waals surface area contributed by atoms with Gasteiger partial charge in [0.2, 0.25) is 0 Å². The minimum absolute atomic E-state index is 0.0880. The van der Waals surface area contributed by atoms with Crippen LogP contribution in [0.15, 0.2) is 71.4 Å². The number of benzene rings is 2. The molecule has 0 bridgehead atoms. The number of nitro groups is 1. The topological polar surface area (TPSA) is 119 Å². The molecule has 0 radical (unpaired) electrons. The van der Waals surface area contributed by atoms with Gasteiger partial charge in [-0.2, -0.15) is 0 Å². The molecular formula is C21H18N2O6. The first-order valence-electron chi connectivity index (χ1n) is 8.68. The third kappa shape index (κ3) is 3.73. The quantitative estimate of drug-likeness (QED) is 0.454. The summed E-state index contributed by atoms with van der Waals surface area (Å²) >= 11 is 0. The summed E-state index contributed by atoms with van der Waals surface area (Å²) in [5.74, 6) is -3.00. The van der Waals surface area contributed by atoms with Crippen molar-refractivity contribution in [2.75, 3.05) is 7.11 Å². The maximum atomic E-state index is 12.5. The lowest BCUT2D eigenvalue weighted by molar-refractivity contribution is -0.384. The van der Waals surface area contributed by atoms with Gasteiger partial charge in [0.15, 0.2) is 0 Å². The molecule has 1 aliphatic rings. The lowest BCUT2D eigenvalue weighted by Crippen LogP contribution is -2.31. The number of nitrogens with one attached hydrogen (secondary N) is 1. The van der Waals surface area contributed by atoms with Crippen LogP contribution in [0.25, 0.3) is 5.70 Å². The van der Waals surface area contributed by atoms with Crippen molar-refractivity contribution < 1.29 is 24.4 Å². The first kappa shape index (κ1) is 19.8. The molecule has 2 aromatic rings. The number of carbonyl (C=O) groups excluding carboxylic acids is 1. The number of methoxy groups -OCH3 is 1. The number of carbonyl (C=O) groups is 2. The van der Waals surface area contributed by atoms with Gasteiger partial charge in [-0.05, 0) is 18.1 Å². The van der Waals surface area contributed by atoms with E-state index in [1.165, 1.54) is 25.3 Å². The van der Waals surface area contributed by atoms with E-state index < -0.39 is 22.8 Å². The molecule has 0 aliphatic carbocycles. The number of rotatable bonds is 5. The number of allylic oxidation sites excluding steroid dienone is 1. The minimum atomic E-state index is -1.25. The molecule has 3 rings (SSSR count). The first-order chi connectivity index (χ1) is 13.8. The van der Waals surface area contributed by atoms with E-state index in [-0.39, 0.29) is 16.8 Å². The van der Waals surface area contributed by atoms with Gasteiger partial charge in [-0.1, -0.05) is 42.5 Å². The summed E-state index contributed by atoms with van der Waals surface area (Å²) in [6.45, 7) is 1.64. The Morgan fingerprint density at radius 1 is 1.10 bits per heavy atom. The Bertz CT molecular complexity index is 1060. The maximum Gasteiger partial charge on any atom is 0.336 e. The highest BCUT2D eigenvalue weighted by molar-refractivity contribution is 6.04. The summed E-state index contributed by atoms with van der Waals surface area (Å²) in [7, 11) is 1.20. The standard InChI is InChI=1S/C21H18N2O6/c1-12-16(21(26)29-2)17(14-9-6-10-15(11-14)23(27)28)18(20(24)25)19(22-12)13-7-4-3-5-8-13/h3-11,17,22H,1-2H3,(H,24,25). The Morgan fingerprint density at radius 3 is 2.38 bits per heavy atom. The van der Waals surface area contributed by atoms with Crippen LogP contribution in [0.3, 0.4) is 0 Å². The van der Waals surface area contributed by atoms with E-state index >= 15 is 0 Å². The second-order valence-electron chi connectivity index (χ2n) is 6.40. The number of hydrogen-bond acceptors (Lipinski definition) is 6. The van der Waals surface area contributed by atoms with Crippen molar-refractivity contribution in [3.05, 3.63) is 92.7 Å². The van der Waals surface area contributed by atoms with Gasteiger partial charge in [-0.3, -0.25) is 10.1 Å². The Kier molecular flexibility index (Phi) is 5.45. The van der Waals surface area contributed by atoms with Gasteiger partial charge in [0, 0.05) is 17.8 Å². The molecule has 148 valence electrons. The molecule has 1 heterocycles. The Morgan fingerprint density at radius 2 is 1.79 bits per heavy atom. The molecule has 0 saturated heterocycles. The van der Waals surface area contributed by atoms with Crippen LogP contribution in [0.2, 0.25) is 0 Å². The van der Waals surface area contributed by atoms with Gasteiger partial charge in [0.1, 0.15) is 0 Å². The number of non-ortho nitro benzene ring substituents is 1. The second kappa shape index (κ2) is 7.97. The average molecular weight is 394 g/mol. The summed E-state index contributed by atoms with van der Waals surface area (Å²) in [6.07, 6.45) is 0. The van der Waals surface area contributed by atoms with Crippen molar-refractivity contribution >= 4 is 23.3 Å². The maximum absolute atomic E-state index is 12.5. The van der Waals surface area contributed by atoms with Crippen LogP contribution in [0.1, 0.15) is 24.0 Å². The van der Waals surface area contributed by atoms with Crippen molar-refractivity contribution in [1.29, 1.82) is 0 Å². The van der Waals surface area contributed by atoms with E-state index in [0.717, 1.165) is 0 Å². The number of carboxylic acid groups (broad SMARTS) is 1. The minimum Gasteiger partial charge on any atom is -0.478 e. The fourth-order valence-electron chi connectivity index (χ4n) is 3.42. The van der Waals surface area contributed by atoms with Crippen molar-refractivity contribution in [3.8, 4) is 0 Å². The van der Waals surface area contributed by atoms with Crippen molar-refractivity contribution in [1.82, 2.24) is 5.32 Å². The molecule has 2 N–H and O–H groups in total. The van der Waals surface area contributed by atoms with E-state index in [1.807, 2.05) is 0 Å². The van der Waals surface area contributed by atoms with Gasteiger partial charge in [0.25, 0.3) is 5.69 Å². The summed E-state index contributed by atoms with van der Waals surface area (Å²) < 4.78 is 4.87. The number of esters is 1. The van der Waals surface area contributed by atoms with Crippen LogP contribution in [0.5, 0.6) is 0 Å². The molecule has 8 nitrogen and oxygen atoms in total. The fourth-order valence-corrected chi connectivity index (χ4v) is 3.42. The summed E-state index contributed by atoms with van der Waals surface area (Å²) in [6, 6.07) is 14.4. The van der Waals surface area contributed by atoms with Gasteiger partial charge in [-0.25, -0.2) is 9.59 Å². The molecule has 1 unspecified atom stereocenters.